The number of aryl methyl sites for hydroxylation is 2. The molecule has 53 heavy (non-hydrogen) atoms. The zero-order valence-electron chi connectivity index (χ0n) is 33.9. The maximum Gasteiger partial charge on any atom is 0.308 e. The average molecular weight is 925 g/mol. The van der Waals surface area contributed by atoms with E-state index in [0.29, 0.717) is 45.6 Å². The first-order valence-electron chi connectivity index (χ1n) is 18.3. The van der Waals surface area contributed by atoms with Crippen molar-refractivity contribution in [1.82, 2.24) is 15.6 Å². The normalized spacial score (nSPS) is 10.2. The molecule has 11 nitrogen and oxygen atoms in total. The van der Waals surface area contributed by atoms with Crippen LogP contribution in [0.5, 0.6) is 0 Å². The SMILES string of the molecule is C/C=C\C(=C/CC)c1ccc(C)cc1.CC.CCOC(=O)[C@H](C)CCNC.CNCCOC(=O)CCC=O.NCCN.O=CCCc1ccncc1.[Pt]. The Labute approximate surface area is 335 Å². The van der Waals surface area contributed by atoms with Gasteiger partial charge < -0.3 is 41.2 Å². The van der Waals surface area contributed by atoms with E-state index in [1.54, 1.807) is 19.4 Å². The van der Waals surface area contributed by atoms with Crippen molar-refractivity contribution in [2.45, 2.75) is 87.0 Å². The Morgan fingerprint density at radius 3 is 1.91 bits per heavy atom. The molecule has 0 unspecified atom stereocenters. The van der Waals surface area contributed by atoms with Gasteiger partial charge in [-0.15, -0.1) is 0 Å². The largest absolute Gasteiger partial charge is 0.466 e. The number of nitrogens with zero attached hydrogens (tertiary/aromatic N) is 1. The Morgan fingerprint density at radius 1 is 0.887 bits per heavy atom. The Bertz CT molecular complexity index is 1150. The van der Waals surface area contributed by atoms with Crippen molar-refractivity contribution >= 4 is 30.1 Å². The minimum Gasteiger partial charge on any atom is -0.466 e. The Hall–Kier alpha value is -3.34. The van der Waals surface area contributed by atoms with Crippen LogP contribution in [-0.4, -0.2) is 83.0 Å². The van der Waals surface area contributed by atoms with Gasteiger partial charge in [0.1, 0.15) is 19.2 Å². The zero-order valence-corrected chi connectivity index (χ0v) is 36.2. The third-order valence-corrected chi connectivity index (χ3v) is 6.22. The summed E-state index contributed by atoms with van der Waals surface area (Å²) in [5.74, 6) is -0.391. The summed E-state index contributed by atoms with van der Waals surface area (Å²) in [6.45, 7) is 17.6. The second-order valence-electron chi connectivity index (χ2n) is 10.6. The second-order valence-corrected chi connectivity index (χ2v) is 10.6. The third-order valence-electron chi connectivity index (χ3n) is 6.22. The fourth-order valence-electron chi connectivity index (χ4n) is 3.48. The van der Waals surface area contributed by atoms with Gasteiger partial charge in [-0.3, -0.25) is 14.6 Å². The van der Waals surface area contributed by atoms with Gasteiger partial charge in [-0.2, -0.15) is 0 Å². The molecule has 0 saturated heterocycles. The molecule has 0 aliphatic rings. The molecule has 0 bridgehead atoms. The summed E-state index contributed by atoms with van der Waals surface area (Å²) in [7, 11) is 3.65. The van der Waals surface area contributed by atoms with Crippen molar-refractivity contribution in [2.75, 3.05) is 53.5 Å². The quantitative estimate of drug-likeness (QED) is 0.0595. The van der Waals surface area contributed by atoms with Crippen molar-refractivity contribution in [3.8, 4) is 0 Å². The number of allylic oxidation sites excluding steroid dienone is 4. The number of likely N-dealkylation sites (N-methyl/N-ethyl adjacent to an activating group) is 1. The fraction of sp³-hybridized carbons (Fsp3) is 0.537. The zero-order chi connectivity index (χ0) is 40.3. The summed E-state index contributed by atoms with van der Waals surface area (Å²) in [4.78, 5) is 45.3. The number of aromatic nitrogens is 1. The first-order valence-corrected chi connectivity index (χ1v) is 18.3. The number of carbonyl (C=O) groups excluding carboxylic acids is 4. The van der Waals surface area contributed by atoms with Crippen LogP contribution in [0.15, 0.2) is 67.0 Å². The van der Waals surface area contributed by atoms with Crippen molar-refractivity contribution in [3.63, 3.8) is 0 Å². The number of nitrogens with one attached hydrogen (secondary N) is 2. The minimum absolute atomic E-state index is 0. The number of pyridine rings is 1. The summed E-state index contributed by atoms with van der Waals surface area (Å²) in [5.41, 5.74) is 14.9. The number of aldehydes is 2. The third kappa shape index (κ3) is 43.0. The molecule has 1 aromatic carbocycles. The molecule has 0 radical (unpaired) electrons. The van der Waals surface area contributed by atoms with Gasteiger partial charge in [0, 0.05) is 65.9 Å². The number of rotatable bonds is 18. The van der Waals surface area contributed by atoms with E-state index in [0.717, 1.165) is 32.1 Å². The monoisotopic (exact) mass is 925 g/mol. The average Bonchev–Trinajstić information content (AvgIpc) is 3.17. The van der Waals surface area contributed by atoms with Gasteiger partial charge in [0.25, 0.3) is 0 Å². The molecule has 6 N–H and O–H groups in total. The van der Waals surface area contributed by atoms with Crippen LogP contribution in [0.1, 0.15) is 90.3 Å². The molecule has 0 saturated carbocycles. The first kappa shape index (κ1) is 59.0. The molecule has 12 heteroatoms. The molecule has 1 heterocycles. The van der Waals surface area contributed by atoms with Gasteiger partial charge in [0.15, 0.2) is 0 Å². The van der Waals surface area contributed by atoms with Crippen molar-refractivity contribution in [3.05, 3.63) is 83.7 Å². The topological polar surface area (TPSA) is 176 Å². The van der Waals surface area contributed by atoms with Crippen LogP contribution < -0.4 is 22.1 Å². The molecule has 2 rings (SSSR count). The number of hydrogen-bond donors (Lipinski definition) is 4. The van der Waals surface area contributed by atoms with E-state index in [1.807, 2.05) is 46.9 Å². The van der Waals surface area contributed by atoms with E-state index in [9.17, 15) is 19.2 Å². The van der Waals surface area contributed by atoms with Crippen LogP contribution in [0.4, 0.5) is 0 Å². The molecule has 0 aliphatic heterocycles. The van der Waals surface area contributed by atoms with Gasteiger partial charge >= 0.3 is 11.9 Å². The number of nitrogens with two attached hydrogens (primary N) is 2. The maximum atomic E-state index is 11.0. The number of hydrogen-bond acceptors (Lipinski definition) is 11. The summed E-state index contributed by atoms with van der Waals surface area (Å²) < 4.78 is 9.56. The van der Waals surface area contributed by atoms with Crippen molar-refractivity contribution < 1.29 is 49.7 Å². The molecule has 0 aliphatic carbocycles. The number of carbonyl (C=O) groups is 4. The standard InChI is InChI=1S/C14H18.C8H17NO2.C8H9NO.C7H13NO3.C2H8N2.C2H6.Pt/c1-4-6-13(7-5-2)14-10-8-12(3)9-11-14;1-4-11-8(10)7(2)5-6-9-3;10-7-1-2-8-3-5-9-6-4-8;1-8-4-6-11-7(10)3-2-5-9;3-1-2-4;1-2;/h4,6-11H,5H2,1-3H3;7,9H,4-6H2,1-3H3;3-7H,1-2H2;5,8H,2-4,6H2,1H3;1-4H2;1-2H3;/b6-4-,13-7+;;;;;;/t;7-;;;;;/m.1...../s1. The molecule has 0 spiro atoms. The van der Waals surface area contributed by atoms with Crippen LogP contribution in [0.3, 0.4) is 0 Å². The fourth-order valence-corrected chi connectivity index (χ4v) is 3.48. The molecular weight excluding hydrogens is 854 g/mol. The predicted molar refractivity (Wildman–Crippen MR) is 217 cm³/mol. The van der Waals surface area contributed by atoms with Crippen LogP contribution in [-0.2, 0) is 56.1 Å². The van der Waals surface area contributed by atoms with E-state index in [4.69, 9.17) is 20.9 Å². The van der Waals surface area contributed by atoms with Gasteiger partial charge in [-0.25, -0.2) is 0 Å². The summed E-state index contributed by atoms with van der Waals surface area (Å²) >= 11 is 0. The molecule has 306 valence electrons. The van der Waals surface area contributed by atoms with E-state index in [2.05, 4.69) is 78.9 Å². The van der Waals surface area contributed by atoms with E-state index < -0.39 is 0 Å². The van der Waals surface area contributed by atoms with Gasteiger partial charge in [-0.1, -0.05) is 75.8 Å². The van der Waals surface area contributed by atoms with Gasteiger partial charge in [0.2, 0.25) is 0 Å². The summed E-state index contributed by atoms with van der Waals surface area (Å²) in [5, 5.41) is 5.82. The first-order chi connectivity index (χ1) is 25.1. The molecule has 1 aromatic heterocycles. The van der Waals surface area contributed by atoms with E-state index >= 15 is 0 Å². The molecule has 2 aromatic rings. The maximum absolute atomic E-state index is 11.0. The molecule has 0 fully saturated rings. The minimum atomic E-state index is -0.313. The van der Waals surface area contributed by atoms with Crippen molar-refractivity contribution in [1.29, 1.82) is 0 Å². The Balaban J connectivity index is -0.000000184. The van der Waals surface area contributed by atoms with Crippen LogP contribution in [0.2, 0.25) is 0 Å². The van der Waals surface area contributed by atoms with Crippen LogP contribution >= 0.6 is 0 Å². The Kier molecular flexibility index (Phi) is 54.1. The molecular formula is C41H71N5O6Pt. The van der Waals surface area contributed by atoms with Crippen LogP contribution in [0.25, 0.3) is 5.57 Å². The number of benzene rings is 1. The summed E-state index contributed by atoms with van der Waals surface area (Å²) in [6, 6.07) is 12.5. The van der Waals surface area contributed by atoms with Gasteiger partial charge in [-0.05, 0) is 89.5 Å². The van der Waals surface area contributed by atoms with E-state index in [-0.39, 0.29) is 51.8 Å². The van der Waals surface area contributed by atoms with Gasteiger partial charge in [0.05, 0.1) is 18.9 Å². The number of esters is 2. The number of ether oxygens (including phenoxy) is 2. The smallest absolute Gasteiger partial charge is 0.308 e. The molecule has 0 amide bonds. The predicted octanol–water partition coefficient (Wildman–Crippen LogP) is 6.03. The molecule has 1 atom stereocenters. The van der Waals surface area contributed by atoms with Crippen LogP contribution in [0, 0.1) is 12.8 Å². The summed E-state index contributed by atoms with van der Waals surface area (Å²) in [6.07, 6.45) is 15.4. The van der Waals surface area contributed by atoms with E-state index in [1.165, 1.54) is 22.3 Å². The Morgan fingerprint density at radius 2 is 1.45 bits per heavy atom. The second kappa shape index (κ2) is 48.7. The van der Waals surface area contributed by atoms with Crippen molar-refractivity contribution in [2.24, 2.45) is 17.4 Å².